The van der Waals surface area contributed by atoms with Crippen LogP contribution in [0.15, 0.2) is 75.9 Å². The molecule has 182 valence electrons. The molecule has 1 amide bonds. The molecule has 0 spiro atoms. The van der Waals surface area contributed by atoms with Crippen LogP contribution in [0.1, 0.15) is 57.8 Å². The van der Waals surface area contributed by atoms with Crippen molar-refractivity contribution in [2.45, 2.75) is 25.8 Å². The standard InChI is InChI=1S/C28H21Cl2NO5/c1-2-3-13-35-28(34)16-7-10-20(11-8-16)31-24(17-5-4-6-18(29)14-17)23-25(32)21-15-19(30)9-12-22(21)36-26(23)27(31)33/h4-12,14-15,24H,2-3,13H2,1H3. The van der Waals surface area contributed by atoms with Crippen LogP contribution in [0.2, 0.25) is 10.0 Å². The lowest BCUT2D eigenvalue weighted by Gasteiger charge is -2.25. The Bertz CT molecular complexity index is 1540. The Morgan fingerprint density at radius 3 is 2.47 bits per heavy atom. The van der Waals surface area contributed by atoms with Crippen LogP contribution < -0.4 is 10.3 Å². The average molecular weight is 522 g/mol. The maximum absolute atomic E-state index is 13.7. The summed E-state index contributed by atoms with van der Waals surface area (Å²) in [6.07, 6.45) is 1.70. The third kappa shape index (κ3) is 4.27. The minimum atomic E-state index is -0.784. The van der Waals surface area contributed by atoms with Gasteiger partial charge in [0.1, 0.15) is 5.58 Å². The van der Waals surface area contributed by atoms with E-state index >= 15 is 0 Å². The zero-order valence-corrected chi connectivity index (χ0v) is 20.8. The van der Waals surface area contributed by atoms with Gasteiger partial charge in [0.2, 0.25) is 5.76 Å². The maximum Gasteiger partial charge on any atom is 0.338 e. The molecule has 0 saturated carbocycles. The third-order valence-corrected chi connectivity index (χ3v) is 6.58. The molecule has 0 aliphatic carbocycles. The monoisotopic (exact) mass is 521 g/mol. The fourth-order valence-electron chi connectivity index (χ4n) is 4.35. The lowest BCUT2D eigenvalue weighted by molar-refractivity contribution is 0.0499. The van der Waals surface area contributed by atoms with Gasteiger partial charge in [-0.2, -0.15) is 0 Å². The molecule has 0 N–H and O–H groups in total. The largest absolute Gasteiger partial charge is 0.462 e. The molecular weight excluding hydrogens is 501 g/mol. The number of benzene rings is 3. The number of esters is 1. The van der Waals surface area contributed by atoms with Gasteiger partial charge in [-0.1, -0.05) is 48.7 Å². The number of carbonyl (C=O) groups excluding carboxylic acids is 2. The van der Waals surface area contributed by atoms with Gasteiger partial charge in [0.05, 0.1) is 29.2 Å². The summed E-state index contributed by atoms with van der Waals surface area (Å²) in [6, 6.07) is 17.4. The number of ether oxygens (including phenoxy) is 1. The Kier molecular flexibility index (Phi) is 6.56. The molecule has 4 aromatic rings. The minimum Gasteiger partial charge on any atom is -0.462 e. The number of rotatable bonds is 6. The van der Waals surface area contributed by atoms with E-state index in [4.69, 9.17) is 32.4 Å². The zero-order valence-electron chi connectivity index (χ0n) is 19.3. The lowest BCUT2D eigenvalue weighted by atomic mass is 9.98. The van der Waals surface area contributed by atoms with Crippen molar-refractivity contribution in [1.29, 1.82) is 0 Å². The van der Waals surface area contributed by atoms with Crippen molar-refractivity contribution in [3.63, 3.8) is 0 Å². The van der Waals surface area contributed by atoms with Crippen molar-refractivity contribution in [2.24, 2.45) is 0 Å². The Hall–Kier alpha value is -3.61. The fourth-order valence-corrected chi connectivity index (χ4v) is 4.72. The molecule has 0 radical (unpaired) electrons. The number of unbranched alkanes of at least 4 members (excludes halogenated alkanes) is 1. The first-order valence-corrected chi connectivity index (χ1v) is 12.3. The van der Waals surface area contributed by atoms with Crippen molar-refractivity contribution >= 4 is 51.7 Å². The predicted molar refractivity (Wildman–Crippen MR) is 139 cm³/mol. The van der Waals surface area contributed by atoms with Gasteiger partial charge >= 0.3 is 5.97 Å². The SMILES string of the molecule is CCCCOC(=O)c1ccc(N2C(=O)c3oc4ccc(Cl)cc4c(=O)c3C2c2cccc(Cl)c2)cc1. The highest BCUT2D eigenvalue weighted by Gasteiger charge is 2.43. The molecule has 0 saturated heterocycles. The molecule has 3 aromatic carbocycles. The van der Waals surface area contributed by atoms with E-state index in [1.54, 1.807) is 60.7 Å². The molecule has 0 fully saturated rings. The van der Waals surface area contributed by atoms with E-state index in [-0.39, 0.29) is 27.7 Å². The number of amides is 1. The number of anilines is 1. The van der Waals surface area contributed by atoms with E-state index in [0.29, 0.717) is 33.5 Å². The lowest BCUT2D eigenvalue weighted by Crippen LogP contribution is -2.29. The zero-order chi connectivity index (χ0) is 25.4. The Morgan fingerprint density at radius 2 is 1.75 bits per heavy atom. The number of carbonyl (C=O) groups is 2. The highest BCUT2D eigenvalue weighted by atomic mass is 35.5. The van der Waals surface area contributed by atoms with Gasteiger partial charge < -0.3 is 9.15 Å². The summed E-state index contributed by atoms with van der Waals surface area (Å²) >= 11 is 12.4. The summed E-state index contributed by atoms with van der Waals surface area (Å²) in [4.78, 5) is 41.1. The molecule has 1 unspecified atom stereocenters. The molecule has 8 heteroatoms. The fraction of sp³-hybridized carbons (Fsp3) is 0.179. The Morgan fingerprint density at radius 1 is 1.00 bits per heavy atom. The number of nitrogens with zero attached hydrogens (tertiary/aromatic N) is 1. The summed E-state index contributed by atoms with van der Waals surface area (Å²) in [5.74, 6) is -0.942. The molecule has 1 aliphatic heterocycles. The van der Waals surface area contributed by atoms with Crippen molar-refractivity contribution in [1.82, 2.24) is 0 Å². The van der Waals surface area contributed by atoms with Crippen LogP contribution in [0.25, 0.3) is 11.0 Å². The van der Waals surface area contributed by atoms with Crippen LogP contribution in [0, 0.1) is 0 Å². The first kappa shape index (κ1) is 24.1. The Labute approximate surface area is 217 Å². The predicted octanol–water partition coefficient (Wildman–Crippen LogP) is 6.81. The van der Waals surface area contributed by atoms with Gasteiger partial charge in [-0.25, -0.2) is 4.79 Å². The molecule has 0 bridgehead atoms. The second kappa shape index (κ2) is 9.80. The van der Waals surface area contributed by atoms with E-state index in [1.807, 2.05) is 6.92 Å². The number of fused-ring (bicyclic) bond motifs is 2. The number of halogens is 2. The normalized spacial score (nSPS) is 14.8. The topological polar surface area (TPSA) is 76.8 Å². The van der Waals surface area contributed by atoms with E-state index < -0.39 is 17.9 Å². The summed E-state index contributed by atoms with van der Waals surface area (Å²) < 4.78 is 11.2. The van der Waals surface area contributed by atoms with Crippen LogP contribution in [-0.2, 0) is 4.74 Å². The van der Waals surface area contributed by atoms with Gasteiger partial charge in [0.15, 0.2) is 5.43 Å². The second-order valence-electron chi connectivity index (χ2n) is 8.48. The van der Waals surface area contributed by atoms with Gasteiger partial charge in [0.25, 0.3) is 5.91 Å². The van der Waals surface area contributed by atoms with Crippen LogP contribution in [0.3, 0.4) is 0 Å². The maximum atomic E-state index is 13.7. The van der Waals surface area contributed by atoms with Gasteiger partial charge in [0, 0.05) is 15.7 Å². The first-order chi connectivity index (χ1) is 17.4. The molecule has 1 aliphatic rings. The smallest absolute Gasteiger partial charge is 0.338 e. The average Bonchev–Trinajstić information content (AvgIpc) is 3.17. The van der Waals surface area contributed by atoms with E-state index in [2.05, 4.69) is 0 Å². The summed E-state index contributed by atoms with van der Waals surface area (Å²) in [6.45, 7) is 2.36. The van der Waals surface area contributed by atoms with Crippen LogP contribution in [0.5, 0.6) is 0 Å². The first-order valence-electron chi connectivity index (χ1n) is 11.5. The van der Waals surface area contributed by atoms with Crippen molar-refractivity contribution < 1.29 is 18.7 Å². The quantitative estimate of drug-likeness (QED) is 0.206. The third-order valence-electron chi connectivity index (χ3n) is 6.11. The minimum absolute atomic E-state index is 0.0390. The van der Waals surface area contributed by atoms with Gasteiger partial charge in [-0.15, -0.1) is 0 Å². The second-order valence-corrected chi connectivity index (χ2v) is 9.36. The van der Waals surface area contributed by atoms with Gasteiger partial charge in [-0.05, 0) is 66.6 Å². The molecule has 1 atom stereocenters. The number of hydrogen-bond donors (Lipinski definition) is 0. The molecule has 1 aromatic heterocycles. The van der Waals surface area contributed by atoms with E-state index in [9.17, 15) is 14.4 Å². The molecular formula is C28H21Cl2NO5. The summed E-state index contributed by atoms with van der Waals surface area (Å²) in [7, 11) is 0. The molecule has 36 heavy (non-hydrogen) atoms. The van der Waals surface area contributed by atoms with Crippen molar-refractivity contribution in [3.8, 4) is 0 Å². The molecule has 6 nitrogen and oxygen atoms in total. The van der Waals surface area contributed by atoms with Gasteiger partial charge in [-0.3, -0.25) is 14.5 Å². The molecule has 5 rings (SSSR count). The van der Waals surface area contributed by atoms with Crippen molar-refractivity contribution in [2.75, 3.05) is 11.5 Å². The highest BCUT2D eigenvalue weighted by Crippen LogP contribution is 2.41. The van der Waals surface area contributed by atoms with Crippen LogP contribution in [0.4, 0.5) is 5.69 Å². The summed E-state index contributed by atoms with van der Waals surface area (Å²) in [5.41, 5.74) is 1.64. The number of hydrogen-bond acceptors (Lipinski definition) is 5. The van der Waals surface area contributed by atoms with E-state index in [0.717, 1.165) is 12.8 Å². The summed E-state index contributed by atoms with van der Waals surface area (Å²) in [5, 5.41) is 1.14. The van der Waals surface area contributed by atoms with Crippen LogP contribution in [-0.4, -0.2) is 18.5 Å². The molecule has 2 heterocycles. The van der Waals surface area contributed by atoms with Crippen LogP contribution >= 0.6 is 23.2 Å². The van der Waals surface area contributed by atoms with Crippen molar-refractivity contribution in [3.05, 3.63) is 109 Å². The highest BCUT2D eigenvalue weighted by molar-refractivity contribution is 6.31. The van der Waals surface area contributed by atoms with E-state index in [1.165, 1.54) is 11.0 Å². The Balaban J connectivity index is 1.63.